The van der Waals surface area contributed by atoms with Crippen LogP contribution in [0.4, 0.5) is 5.69 Å². The molecular formula is C33H37N3O4. The predicted octanol–water partition coefficient (Wildman–Crippen LogP) is 5.69. The number of carbonyl (C=O) groups is 3. The average Bonchev–Trinajstić information content (AvgIpc) is 3.27. The minimum atomic E-state index is -0.294. The fourth-order valence-corrected chi connectivity index (χ4v) is 5.73. The maximum Gasteiger partial charge on any atom is 0.309 e. The van der Waals surface area contributed by atoms with Gasteiger partial charge in [-0.3, -0.25) is 14.4 Å². The number of anilines is 1. The number of piperidine rings is 1. The third-order valence-electron chi connectivity index (χ3n) is 8.00. The molecule has 0 spiro atoms. The number of ether oxygens (including phenoxy) is 1. The van der Waals surface area contributed by atoms with Crippen molar-refractivity contribution >= 4 is 23.5 Å². The molecule has 0 aromatic heterocycles. The van der Waals surface area contributed by atoms with Gasteiger partial charge in [0.2, 0.25) is 0 Å². The standard InChI is InChI=1S/C33H37N3O4/c1-3-40-33(39)26-19-21-35(22-20-26)31(37)25-15-17-27(18-16-25)34-30-28-11-7-8-12-29(28)32(38)36(30)23(2)13-14-24-9-5-4-6-10-24/h4-12,15-18,23,26,30,34H,3,13-14,19-22H2,1-2H3. The van der Waals surface area contributed by atoms with Gasteiger partial charge in [-0.1, -0.05) is 48.5 Å². The van der Waals surface area contributed by atoms with Crippen molar-refractivity contribution in [1.82, 2.24) is 9.80 Å². The fraction of sp³-hybridized carbons (Fsp3) is 0.364. The van der Waals surface area contributed by atoms with Crippen LogP contribution in [-0.2, 0) is 16.0 Å². The summed E-state index contributed by atoms with van der Waals surface area (Å²) in [6.45, 7) is 5.37. The van der Waals surface area contributed by atoms with E-state index in [9.17, 15) is 14.4 Å². The van der Waals surface area contributed by atoms with E-state index in [0.717, 1.165) is 29.7 Å². The number of nitrogens with zero attached hydrogens (tertiary/aromatic N) is 2. The van der Waals surface area contributed by atoms with Crippen LogP contribution < -0.4 is 5.32 Å². The Hall–Kier alpha value is -4.13. The number of carbonyl (C=O) groups excluding carboxylic acids is 3. The number of aryl methyl sites for hydroxylation is 1. The van der Waals surface area contributed by atoms with Gasteiger partial charge in [0, 0.05) is 41.5 Å². The summed E-state index contributed by atoms with van der Waals surface area (Å²) < 4.78 is 5.14. The van der Waals surface area contributed by atoms with Crippen LogP contribution in [0.15, 0.2) is 78.9 Å². The smallest absolute Gasteiger partial charge is 0.309 e. The number of likely N-dealkylation sites (tertiary alicyclic amines) is 1. The van der Waals surface area contributed by atoms with E-state index in [1.54, 1.807) is 4.90 Å². The van der Waals surface area contributed by atoms with Crippen molar-refractivity contribution in [2.75, 3.05) is 25.0 Å². The second-order valence-electron chi connectivity index (χ2n) is 10.6. The van der Waals surface area contributed by atoms with Gasteiger partial charge < -0.3 is 19.9 Å². The van der Waals surface area contributed by atoms with E-state index < -0.39 is 0 Å². The first-order valence-corrected chi connectivity index (χ1v) is 14.2. The van der Waals surface area contributed by atoms with E-state index in [1.807, 2.05) is 78.6 Å². The largest absolute Gasteiger partial charge is 0.466 e. The van der Waals surface area contributed by atoms with Crippen LogP contribution in [0.5, 0.6) is 0 Å². The van der Waals surface area contributed by atoms with E-state index in [1.165, 1.54) is 5.56 Å². The maximum atomic E-state index is 13.5. The molecule has 1 saturated heterocycles. The van der Waals surface area contributed by atoms with Gasteiger partial charge in [0.05, 0.1) is 12.5 Å². The molecule has 2 atom stereocenters. The predicted molar refractivity (Wildman–Crippen MR) is 155 cm³/mol. The lowest BCUT2D eigenvalue weighted by atomic mass is 9.96. The van der Waals surface area contributed by atoms with Gasteiger partial charge in [-0.15, -0.1) is 0 Å². The summed E-state index contributed by atoms with van der Waals surface area (Å²) in [6.07, 6.45) is 2.69. The molecule has 1 N–H and O–H groups in total. The summed E-state index contributed by atoms with van der Waals surface area (Å²) in [7, 11) is 0. The average molecular weight is 540 g/mol. The normalized spacial score (nSPS) is 17.9. The number of nitrogens with one attached hydrogen (secondary N) is 1. The van der Waals surface area contributed by atoms with Crippen molar-refractivity contribution < 1.29 is 19.1 Å². The number of benzene rings is 3. The lowest BCUT2D eigenvalue weighted by Gasteiger charge is -2.33. The lowest BCUT2D eigenvalue weighted by molar-refractivity contribution is -0.149. The summed E-state index contributed by atoms with van der Waals surface area (Å²) in [5, 5.41) is 3.56. The second kappa shape index (κ2) is 12.4. The summed E-state index contributed by atoms with van der Waals surface area (Å²) in [6, 6.07) is 25.6. The van der Waals surface area contributed by atoms with Crippen molar-refractivity contribution in [2.45, 2.75) is 51.7 Å². The van der Waals surface area contributed by atoms with E-state index in [2.05, 4.69) is 24.4 Å². The van der Waals surface area contributed by atoms with Gasteiger partial charge in [0.25, 0.3) is 11.8 Å². The van der Waals surface area contributed by atoms with Gasteiger partial charge in [0.1, 0.15) is 6.17 Å². The number of esters is 1. The topological polar surface area (TPSA) is 79.0 Å². The van der Waals surface area contributed by atoms with Crippen LogP contribution in [0, 0.1) is 5.92 Å². The van der Waals surface area contributed by atoms with E-state index in [0.29, 0.717) is 38.1 Å². The van der Waals surface area contributed by atoms with Crippen molar-refractivity contribution in [3.63, 3.8) is 0 Å². The highest BCUT2D eigenvalue weighted by Crippen LogP contribution is 2.37. The highest BCUT2D eigenvalue weighted by Gasteiger charge is 2.39. The van der Waals surface area contributed by atoms with Crippen LogP contribution in [0.1, 0.15) is 71.1 Å². The van der Waals surface area contributed by atoms with Crippen molar-refractivity contribution in [3.8, 4) is 0 Å². The fourth-order valence-electron chi connectivity index (χ4n) is 5.73. The van der Waals surface area contributed by atoms with Crippen molar-refractivity contribution in [2.24, 2.45) is 5.92 Å². The highest BCUT2D eigenvalue weighted by atomic mass is 16.5. The molecule has 208 valence electrons. The van der Waals surface area contributed by atoms with Gasteiger partial charge in [-0.05, 0) is 75.4 Å². The number of rotatable bonds is 9. The number of amides is 2. The highest BCUT2D eigenvalue weighted by molar-refractivity contribution is 6.00. The molecule has 7 nitrogen and oxygen atoms in total. The van der Waals surface area contributed by atoms with Gasteiger partial charge in [-0.2, -0.15) is 0 Å². The first-order chi connectivity index (χ1) is 19.5. The number of hydrogen-bond donors (Lipinski definition) is 1. The van der Waals surface area contributed by atoms with Crippen LogP contribution in [0.2, 0.25) is 0 Å². The summed E-state index contributed by atoms with van der Waals surface area (Å²) in [5.41, 5.74) is 4.39. The molecule has 40 heavy (non-hydrogen) atoms. The zero-order chi connectivity index (χ0) is 28.1. The minimum absolute atomic E-state index is 0.0241. The molecule has 0 aliphatic carbocycles. The molecule has 0 saturated carbocycles. The van der Waals surface area contributed by atoms with Gasteiger partial charge in [-0.25, -0.2) is 0 Å². The maximum absolute atomic E-state index is 13.5. The van der Waals surface area contributed by atoms with E-state index >= 15 is 0 Å². The molecule has 0 radical (unpaired) electrons. The monoisotopic (exact) mass is 539 g/mol. The first kappa shape index (κ1) is 27.4. The Labute approximate surface area is 236 Å². The molecule has 2 amide bonds. The van der Waals surface area contributed by atoms with Gasteiger partial charge in [0.15, 0.2) is 0 Å². The molecule has 2 heterocycles. The summed E-state index contributed by atoms with van der Waals surface area (Å²) in [4.78, 5) is 42.4. The minimum Gasteiger partial charge on any atom is -0.466 e. The lowest BCUT2D eigenvalue weighted by Crippen LogP contribution is -2.40. The first-order valence-electron chi connectivity index (χ1n) is 14.2. The molecule has 2 aliphatic rings. The Balaban J connectivity index is 1.26. The summed E-state index contributed by atoms with van der Waals surface area (Å²) >= 11 is 0. The molecule has 2 unspecified atom stereocenters. The Morgan fingerprint density at radius 3 is 2.33 bits per heavy atom. The van der Waals surface area contributed by atoms with E-state index in [4.69, 9.17) is 4.74 Å². The SMILES string of the molecule is CCOC(=O)C1CCN(C(=O)c2ccc(NC3c4ccccc4C(=O)N3C(C)CCc3ccccc3)cc2)CC1. The Morgan fingerprint density at radius 2 is 1.62 bits per heavy atom. The summed E-state index contributed by atoms with van der Waals surface area (Å²) in [5.74, 6) is -0.302. The molecule has 7 heteroatoms. The number of hydrogen-bond acceptors (Lipinski definition) is 5. The molecule has 3 aromatic rings. The molecule has 5 rings (SSSR count). The van der Waals surface area contributed by atoms with Crippen LogP contribution in [-0.4, -0.2) is 53.3 Å². The molecular weight excluding hydrogens is 502 g/mol. The molecule has 3 aromatic carbocycles. The van der Waals surface area contributed by atoms with Crippen LogP contribution in [0.25, 0.3) is 0 Å². The van der Waals surface area contributed by atoms with Crippen molar-refractivity contribution in [3.05, 3.63) is 101 Å². The zero-order valence-electron chi connectivity index (χ0n) is 23.2. The van der Waals surface area contributed by atoms with Crippen molar-refractivity contribution in [1.29, 1.82) is 0 Å². The Bertz CT molecular complexity index is 1330. The third kappa shape index (κ3) is 5.88. The molecule has 1 fully saturated rings. The number of fused-ring (bicyclic) bond motifs is 1. The Kier molecular flexibility index (Phi) is 8.48. The molecule has 2 aliphatic heterocycles. The van der Waals surface area contributed by atoms with Gasteiger partial charge >= 0.3 is 5.97 Å². The second-order valence-corrected chi connectivity index (χ2v) is 10.6. The third-order valence-corrected chi connectivity index (χ3v) is 8.00. The van der Waals surface area contributed by atoms with E-state index in [-0.39, 0.29) is 35.9 Å². The quantitative estimate of drug-likeness (QED) is 0.354. The molecule has 0 bridgehead atoms. The van der Waals surface area contributed by atoms with Crippen LogP contribution >= 0.6 is 0 Å². The Morgan fingerprint density at radius 1 is 0.950 bits per heavy atom. The zero-order valence-corrected chi connectivity index (χ0v) is 23.2. The van der Waals surface area contributed by atoms with Crippen LogP contribution in [0.3, 0.4) is 0 Å².